The van der Waals surface area contributed by atoms with Crippen LogP contribution in [0.5, 0.6) is 0 Å². The number of hydrogen-bond acceptors (Lipinski definition) is 4. The van der Waals surface area contributed by atoms with Gasteiger partial charge in [-0.2, -0.15) is 0 Å². The van der Waals surface area contributed by atoms with Crippen molar-refractivity contribution in [2.45, 2.75) is 62.1 Å². The Morgan fingerprint density at radius 1 is 1.06 bits per heavy atom. The molecule has 2 saturated heterocycles. The van der Waals surface area contributed by atoms with E-state index >= 15 is 0 Å². The van der Waals surface area contributed by atoms with E-state index in [4.69, 9.17) is 5.73 Å². The number of pyridine rings is 1. The van der Waals surface area contributed by atoms with Crippen LogP contribution < -0.4 is 16.0 Å². The van der Waals surface area contributed by atoms with Crippen molar-refractivity contribution in [2.24, 2.45) is 5.73 Å². The van der Waals surface area contributed by atoms with Crippen LogP contribution in [0.25, 0.3) is 0 Å². The van der Waals surface area contributed by atoms with Crippen molar-refractivity contribution < 1.29 is 18.4 Å². The van der Waals surface area contributed by atoms with Gasteiger partial charge in [-0.3, -0.25) is 9.59 Å². The Balaban J connectivity index is 1.27. The molecule has 8 heteroatoms. The number of aromatic nitrogens is 1. The van der Waals surface area contributed by atoms with E-state index in [1.54, 1.807) is 6.07 Å². The summed E-state index contributed by atoms with van der Waals surface area (Å²) in [4.78, 5) is 31.1. The number of nitrogens with zero attached hydrogens (tertiary/aromatic N) is 2. The smallest absolute Gasteiger partial charge is 0.250 e. The second kappa shape index (κ2) is 7.28. The zero-order valence-corrected chi connectivity index (χ0v) is 17.0. The first-order valence-electron chi connectivity index (χ1n) is 10.7. The van der Waals surface area contributed by atoms with E-state index in [1.807, 2.05) is 6.07 Å². The molecule has 1 unspecified atom stereocenters. The summed E-state index contributed by atoms with van der Waals surface area (Å²) in [5.74, 6) is -1.60. The topological polar surface area (TPSA) is 88.3 Å². The predicted octanol–water partition coefficient (Wildman–Crippen LogP) is 2.81. The summed E-state index contributed by atoms with van der Waals surface area (Å²) in [7, 11) is 0. The van der Waals surface area contributed by atoms with Gasteiger partial charge in [0.2, 0.25) is 11.8 Å². The highest BCUT2D eigenvalue weighted by Gasteiger charge is 2.52. The Morgan fingerprint density at radius 3 is 2.32 bits per heavy atom. The van der Waals surface area contributed by atoms with Gasteiger partial charge >= 0.3 is 0 Å². The first-order valence-corrected chi connectivity index (χ1v) is 10.7. The van der Waals surface area contributed by atoms with Gasteiger partial charge in [-0.25, -0.2) is 13.8 Å². The summed E-state index contributed by atoms with van der Waals surface area (Å²) in [5, 5.41) is 3.19. The quantitative estimate of drug-likeness (QED) is 0.770. The molecule has 2 aromatic rings. The Kier molecular flexibility index (Phi) is 4.68. The summed E-state index contributed by atoms with van der Waals surface area (Å²) in [6.07, 6.45) is 6.43. The SMILES string of the molecule is NC(=O)c1ccc(N2[C@@H]3CC[C@H]2CC(NC(=O)C2(c4ccc(F)c(F)c4)CC2)C3)nc1. The van der Waals surface area contributed by atoms with E-state index < -0.39 is 23.0 Å². The minimum absolute atomic E-state index is 0.0360. The molecule has 1 aromatic carbocycles. The lowest BCUT2D eigenvalue weighted by molar-refractivity contribution is -0.124. The molecule has 162 valence electrons. The Bertz CT molecular complexity index is 1020. The summed E-state index contributed by atoms with van der Waals surface area (Å²) >= 11 is 0. The van der Waals surface area contributed by atoms with Gasteiger partial charge < -0.3 is 16.0 Å². The van der Waals surface area contributed by atoms with Crippen LogP contribution in [-0.2, 0) is 10.2 Å². The number of rotatable bonds is 5. The third kappa shape index (κ3) is 3.43. The number of primary amides is 1. The molecule has 2 aliphatic heterocycles. The maximum atomic E-state index is 13.7. The van der Waals surface area contributed by atoms with Gasteiger partial charge in [-0.05, 0) is 68.4 Å². The molecule has 3 fully saturated rings. The number of amides is 2. The van der Waals surface area contributed by atoms with Crippen LogP contribution in [0.15, 0.2) is 36.5 Å². The number of piperidine rings is 1. The number of carbonyl (C=O) groups excluding carboxylic acids is 2. The molecule has 0 radical (unpaired) electrons. The second-order valence-corrected chi connectivity index (χ2v) is 8.91. The van der Waals surface area contributed by atoms with E-state index in [-0.39, 0.29) is 24.0 Å². The molecule has 2 bridgehead atoms. The van der Waals surface area contributed by atoms with Crippen molar-refractivity contribution >= 4 is 17.6 Å². The van der Waals surface area contributed by atoms with Crippen LogP contribution >= 0.6 is 0 Å². The molecule has 5 rings (SSSR count). The first-order chi connectivity index (χ1) is 14.9. The number of nitrogens with one attached hydrogen (secondary N) is 1. The molecular weight excluding hydrogens is 402 g/mol. The summed E-state index contributed by atoms with van der Waals surface area (Å²) in [5.41, 5.74) is 5.48. The number of fused-ring (bicyclic) bond motifs is 2. The lowest BCUT2D eigenvalue weighted by Crippen LogP contribution is -2.52. The molecule has 2 amide bonds. The molecule has 3 N–H and O–H groups in total. The van der Waals surface area contributed by atoms with Gasteiger partial charge in [0, 0.05) is 24.3 Å². The molecule has 3 atom stereocenters. The monoisotopic (exact) mass is 426 g/mol. The summed E-state index contributed by atoms with van der Waals surface area (Å²) in [6.45, 7) is 0. The largest absolute Gasteiger partial charge is 0.366 e. The normalized spacial score (nSPS) is 25.9. The minimum atomic E-state index is -0.919. The number of anilines is 1. The molecule has 0 spiro atoms. The number of benzene rings is 1. The third-order valence-corrected chi connectivity index (χ3v) is 7.02. The highest BCUT2D eigenvalue weighted by molar-refractivity contribution is 5.92. The molecular formula is C23H24F2N4O2. The summed E-state index contributed by atoms with van der Waals surface area (Å²) in [6, 6.07) is 7.82. The lowest BCUT2D eigenvalue weighted by Gasteiger charge is -2.40. The molecule has 1 aromatic heterocycles. The van der Waals surface area contributed by atoms with Gasteiger partial charge in [0.15, 0.2) is 11.6 Å². The number of hydrogen-bond donors (Lipinski definition) is 2. The summed E-state index contributed by atoms with van der Waals surface area (Å²) < 4.78 is 27.0. The predicted molar refractivity (Wildman–Crippen MR) is 110 cm³/mol. The lowest BCUT2D eigenvalue weighted by atomic mass is 9.92. The molecule has 6 nitrogen and oxygen atoms in total. The molecule has 3 heterocycles. The standard InChI is InChI=1S/C23H24F2N4O2/c24-18-5-2-14(9-19(18)25)23(7-8-23)22(31)28-15-10-16-3-4-17(11-15)29(16)20-6-1-13(12-27-20)21(26)30/h1-2,5-6,9,12,15-17H,3-4,7-8,10-11H2,(H2,26,30)(H,28,31)/t15?,16-,17+. The number of carbonyl (C=O) groups is 2. The zero-order valence-electron chi connectivity index (χ0n) is 17.0. The third-order valence-electron chi connectivity index (χ3n) is 7.02. The van der Waals surface area contributed by atoms with Gasteiger partial charge in [-0.1, -0.05) is 6.07 Å². The van der Waals surface area contributed by atoms with E-state index in [2.05, 4.69) is 15.2 Å². The molecule has 31 heavy (non-hydrogen) atoms. The van der Waals surface area contributed by atoms with E-state index in [9.17, 15) is 18.4 Å². The van der Waals surface area contributed by atoms with Gasteiger partial charge in [0.1, 0.15) is 5.82 Å². The average molecular weight is 426 g/mol. The maximum Gasteiger partial charge on any atom is 0.250 e. The van der Waals surface area contributed by atoms with Crippen LogP contribution in [0.4, 0.5) is 14.6 Å². The molecule has 1 aliphatic carbocycles. The Hall–Kier alpha value is -3.03. The van der Waals surface area contributed by atoms with Crippen LogP contribution in [0.2, 0.25) is 0 Å². The van der Waals surface area contributed by atoms with Gasteiger partial charge in [0.25, 0.3) is 0 Å². The van der Waals surface area contributed by atoms with E-state index in [0.29, 0.717) is 24.0 Å². The maximum absolute atomic E-state index is 13.7. The van der Waals surface area contributed by atoms with Gasteiger partial charge in [-0.15, -0.1) is 0 Å². The van der Waals surface area contributed by atoms with E-state index in [0.717, 1.165) is 43.6 Å². The van der Waals surface area contributed by atoms with Crippen molar-refractivity contribution in [1.82, 2.24) is 10.3 Å². The Labute approximate surface area is 178 Å². The molecule has 3 aliphatic rings. The first kappa shape index (κ1) is 19.9. The second-order valence-electron chi connectivity index (χ2n) is 8.91. The van der Waals surface area contributed by atoms with Gasteiger partial charge in [0.05, 0.1) is 11.0 Å². The fourth-order valence-electron chi connectivity index (χ4n) is 5.24. The van der Waals surface area contributed by atoms with Crippen molar-refractivity contribution in [2.75, 3.05) is 4.90 Å². The fourth-order valence-corrected chi connectivity index (χ4v) is 5.24. The van der Waals surface area contributed by atoms with Crippen LogP contribution in [-0.4, -0.2) is 34.9 Å². The van der Waals surface area contributed by atoms with Crippen molar-refractivity contribution in [1.29, 1.82) is 0 Å². The molecule has 1 saturated carbocycles. The minimum Gasteiger partial charge on any atom is -0.366 e. The highest BCUT2D eigenvalue weighted by atomic mass is 19.2. The van der Waals surface area contributed by atoms with Crippen molar-refractivity contribution in [3.8, 4) is 0 Å². The van der Waals surface area contributed by atoms with Crippen LogP contribution in [0, 0.1) is 11.6 Å². The van der Waals surface area contributed by atoms with Crippen LogP contribution in [0.1, 0.15) is 54.4 Å². The zero-order chi connectivity index (χ0) is 21.8. The highest BCUT2D eigenvalue weighted by Crippen LogP contribution is 2.49. The Morgan fingerprint density at radius 2 is 1.77 bits per heavy atom. The fraction of sp³-hybridized carbons (Fsp3) is 0.435. The van der Waals surface area contributed by atoms with E-state index in [1.165, 1.54) is 12.3 Å². The van der Waals surface area contributed by atoms with Crippen molar-refractivity contribution in [3.05, 3.63) is 59.3 Å². The average Bonchev–Trinajstić information content (AvgIpc) is 3.51. The van der Waals surface area contributed by atoms with Crippen LogP contribution in [0.3, 0.4) is 0 Å². The van der Waals surface area contributed by atoms with Crippen molar-refractivity contribution in [3.63, 3.8) is 0 Å². The number of halogens is 2. The number of nitrogens with two attached hydrogens (primary N) is 1.